The van der Waals surface area contributed by atoms with Gasteiger partial charge in [-0.15, -0.1) is 0 Å². The van der Waals surface area contributed by atoms with Crippen molar-refractivity contribution in [2.24, 2.45) is 0 Å². The van der Waals surface area contributed by atoms with Gasteiger partial charge < -0.3 is 32.7 Å². The Labute approximate surface area is 162 Å². The minimum Gasteiger partial charge on any atom is -0.365 e. The molecule has 2 aliphatic rings. The van der Waals surface area contributed by atoms with Crippen LogP contribution < -0.4 is 0 Å². The Balaban J connectivity index is 2.16. The summed E-state index contributed by atoms with van der Waals surface area (Å²) in [5, 5.41) is 0. The maximum Gasteiger partial charge on any atom is 0.359 e. The molecule has 0 radical (unpaired) electrons. The molecule has 0 saturated carbocycles. The van der Waals surface area contributed by atoms with E-state index in [9.17, 15) is 4.57 Å². The van der Waals surface area contributed by atoms with E-state index < -0.39 is 31.6 Å². The topological polar surface area (TPSA) is 81.7 Å². The number of ether oxygens (including phenoxy) is 5. The van der Waals surface area contributed by atoms with E-state index in [1.54, 1.807) is 21.0 Å². The predicted molar refractivity (Wildman–Crippen MR) is 99.6 cm³/mol. The van der Waals surface area contributed by atoms with Gasteiger partial charge in [-0.2, -0.15) is 0 Å². The summed E-state index contributed by atoms with van der Waals surface area (Å²) < 4.78 is 53.7. The lowest BCUT2D eigenvalue weighted by molar-refractivity contribution is -0.229. The van der Waals surface area contributed by atoms with Crippen molar-refractivity contribution in [3.8, 4) is 0 Å². The van der Waals surface area contributed by atoms with E-state index in [0.29, 0.717) is 13.0 Å². The number of rotatable bonds is 12. The first-order valence-corrected chi connectivity index (χ1v) is 11.5. The second-order valence-electron chi connectivity index (χ2n) is 7.13. The highest BCUT2D eigenvalue weighted by molar-refractivity contribution is 7.54. The third-order valence-corrected chi connectivity index (χ3v) is 6.85. The molecule has 0 N–H and O–H groups in total. The van der Waals surface area contributed by atoms with Gasteiger partial charge in [-0.25, -0.2) is 0 Å². The van der Waals surface area contributed by atoms with Crippen molar-refractivity contribution in [1.29, 1.82) is 0 Å². The summed E-state index contributed by atoms with van der Waals surface area (Å²) in [5.41, 5.74) is 0. The molecule has 0 aromatic carbocycles. The molecule has 8 nitrogen and oxygen atoms in total. The molecule has 2 aliphatic heterocycles. The first kappa shape index (κ1) is 23.2. The van der Waals surface area contributed by atoms with Crippen LogP contribution >= 0.6 is 7.60 Å². The maximum absolute atomic E-state index is 13.3. The third-order valence-electron chi connectivity index (χ3n) is 4.55. The van der Waals surface area contributed by atoms with Crippen LogP contribution in [0.15, 0.2) is 0 Å². The van der Waals surface area contributed by atoms with Gasteiger partial charge in [-0.3, -0.25) is 4.57 Å². The van der Waals surface area contributed by atoms with Crippen molar-refractivity contribution in [2.75, 3.05) is 26.9 Å². The summed E-state index contributed by atoms with van der Waals surface area (Å²) in [6.45, 7) is 10.4. The molecule has 0 bridgehead atoms. The summed E-state index contributed by atoms with van der Waals surface area (Å²) in [6.07, 6.45) is 0.520. The van der Waals surface area contributed by atoms with Crippen LogP contribution in [0.3, 0.4) is 0 Å². The number of unbranched alkanes of at least 4 members (excludes halogenated alkanes) is 1. The van der Waals surface area contributed by atoms with E-state index in [2.05, 4.69) is 6.92 Å². The standard InChI is InChI=1S/C18H35O8P/c1-7-10-11-21-14(27(19,22-8-2)23-9-3)12-13-15-16(17(20-6)24-13)26-18(4,5)25-15/h13-17H,7-12H2,1-6H3/t13-,14?,15-,16-,17-/m1/s1. The molecule has 1 unspecified atom stereocenters. The van der Waals surface area contributed by atoms with Gasteiger partial charge >= 0.3 is 7.60 Å². The lowest BCUT2D eigenvalue weighted by Crippen LogP contribution is -2.34. The first-order valence-electron chi connectivity index (χ1n) is 9.84. The second-order valence-corrected chi connectivity index (χ2v) is 9.31. The molecule has 0 aromatic heterocycles. The van der Waals surface area contributed by atoms with Gasteiger partial charge in [0.25, 0.3) is 0 Å². The zero-order chi connectivity index (χ0) is 20.1. The van der Waals surface area contributed by atoms with Crippen molar-refractivity contribution in [2.45, 2.75) is 90.1 Å². The Morgan fingerprint density at radius 1 is 1.07 bits per heavy atom. The first-order chi connectivity index (χ1) is 12.8. The van der Waals surface area contributed by atoms with E-state index in [1.807, 2.05) is 13.8 Å². The van der Waals surface area contributed by atoms with Gasteiger partial charge in [0, 0.05) is 20.1 Å². The van der Waals surface area contributed by atoms with E-state index in [4.69, 9.17) is 32.7 Å². The smallest absolute Gasteiger partial charge is 0.359 e. The highest BCUT2D eigenvalue weighted by Crippen LogP contribution is 2.56. The number of hydrogen-bond acceptors (Lipinski definition) is 8. The third kappa shape index (κ3) is 5.73. The SMILES string of the molecule is CCCCOC(C[C@H]1O[C@@H](OC)[C@@H]2OC(C)(C)O[C@@H]21)P(=O)(OCC)OCC. The molecule has 9 heteroatoms. The summed E-state index contributed by atoms with van der Waals surface area (Å²) >= 11 is 0. The van der Waals surface area contributed by atoms with Gasteiger partial charge in [0.05, 0.1) is 19.3 Å². The molecule has 2 rings (SSSR count). The average molecular weight is 410 g/mol. The van der Waals surface area contributed by atoms with Crippen LogP contribution in [0.4, 0.5) is 0 Å². The molecule has 2 saturated heterocycles. The minimum atomic E-state index is -3.46. The molecule has 2 fully saturated rings. The summed E-state index contributed by atoms with van der Waals surface area (Å²) in [4.78, 5) is 0. The Bertz CT molecular complexity index is 490. The van der Waals surface area contributed by atoms with Crippen molar-refractivity contribution >= 4 is 7.60 Å². The van der Waals surface area contributed by atoms with Gasteiger partial charge in [0.1, 0.15) is 12.2 Å². The van der Waals surface area contributed by atoms with E-state index in [1.165, 1.54) is 0 Å². The molecule has 27 heavy (non-hydrogen) atoms. The molecule has 2 heterocycles. The highest BCUT2D eigenvalue weighted by atomic mass is 31.2. The fourth-order valence-corrected chi connectivity index (χ4v) is 5.32. The molecular weight excluding hydrogens is 375 g/mol. The van der Waals surface area contributed by atoms with Crippen molar-refractivity contribution in [3.05, 3.63) is 0 Å². The van der Waals surface area contributed by atoms with E-state index in [-0.39, 0.29) is 25.4 Å². The maximum atomic E-state index is 13.3. The Hall–Kier alpha value is -0.0500. The minimum absolute atomic E-state index is 0.274. The Kier molecular flexibility index (Phi) is 8.71. The monoisotopic (exact) mass is 410 g/mol. The Morgan fingerprint density at radius 2 is 1.70 bits per heavy atom. The summed E-state index contributed by atoms with van der Waals surface area (Å²) in [7, 11) is -1.89. The van der Waals surface area contributed by atoms with Gasteiger partial charge in [0.15, 0.2) is 17.9 Å². The molecule has 0 spiro atoms. The van der Waals surface area contributed by atoms with Crippen molar-refractivity contribution in [3.63, 3.8) is 0 Å². The molecule has 0 aliphatic carbocycles. The van der Waals surface area contributed by atoms with Crippen LogP contribution in [-0.2, 0) is 37.3 Å². The van der Waals surface area contributed by atoms with E-state index >= 15 is 0 Å². The van der Waals surface area contributed by atoms with Crippen LogP contribution in [0.1, 0.15) is 53.9 Å². The molecule has 0 amide bonds. The Morgan fingerprint density at radius 3 is 2.26 bits per heavy atom. The second kappa shape index (κ2) is 10.1. The summed E-state index contributed by atoms with van der Waals surface area (Å²) in [5.74, 6) is -1.46. The average Bonchev–Trinajstić information content (AvgIpc) is 3.08. The van der Waals surface area contributed by atoms with Crippen LogP contribution in [0.2, 0.25) is 0 Å². The van der Waals surface area contributed by atoms with Gasteiger partial charge in [-0.05, 0) is 34.1 Å². The summed E-state index contributed by atoms with van der Waals surface area (Å²) in [6, 6.07) is 0. The molecule has 160 valence electrons. The fourth-order valence-electron chi connectivity index (χ4n) is 3.44. The number of methoxy groups -OCH3 is 1. The van der Waals surface area contributed by atoms with Gasteiger partial charge in [0.2, 0.25) is 0 Å². The zero-order valence-electron chi connectivity index (χ0n) is 17.3. The van der Waals surface area contributed by atoms with Crippen LogP contribution in [-0.4, -0.2) is 63.2 Å². The number of fused-ring (bicyclic) bond motifs is 1. The molecule has 0 aromatic rings. The molecule has 5 atom stereocenters. The zero-order valence-corrected chi connectivity index (χ0v) is 18.2. The lowest BCUT2D eigenvalue weighted by atomic mass is 10.1. The largest absolute Gasteiger partial charge is 0.365 e. The predicted octanol–water partition coefficient (Wildman–Crippen LogP) is 3.68. The van der Waals surface area contributed by atoms with Crippen LogP contribution in [0, 0.1) is 0 Å². The fraction of sp³-hybridized carbons (Fsp3) is 1.00. The lowest BCUT2D eigenvalue weighted by Gasteiger charge is -2.30. The number of hydrogen-bond donors (Lipinski definition) is 0. The normalized spacial score (nSPS) is 31.2. The van der Waals surface area contributed by atoms with Crippen molar-refractivity contribution < 1.29 is 37.3 Å². The van der Waals surface area contributed by atoms with Gasteiger partial charge in [-0.1, -0.05) is 13.3 Å². The van der Waals surface area contributed by atoms with Crippen LogP contribution in [0.25, 0.3) is 0 Å². The highest BCUT2D eigenvalue weighted by Gasteiger charge is 2.57. The quantitative estimate of drug-likeness (QED) is 0.356. The van der Waals surface area contributed by atoms with Crippen LogP contribution in [0.5, 0.6) is 0 Å². The van der Waals surface area contributed by atoms with Crippen molar-refractivity contribution in [1.82, 2.24) is 0 Å². The van der Waals surface area contributed by atoms with E-state index in [0.717, 1.165) is 12.8 Å². The molecular formula is C18H35O8P.